The van der Waals surface area contributed by atoms with Gasteiger partial charge >= 0.3 is 23.9 Å². The van der Waals surface area contributed by atoms with E-state index in [-0.39, 0.29) is 20.0 Å². The van der Waals surface area contributed by atoms with Gasteiger partial charge in [0.05, 0.1) is 0 Å². The van der Waals surface area contributed by atoms with Crippen LogP contribution >= 0.6 is 0 Å². The van der Waals surface area contributed by atoms with Crippen LogP contribution in [0.4, 0.5) is 0 Å². The third kappa shape index (κ3) is 10.2. The lowest BCUT2D eigenvalue weighted by Crippen LogP contribution is -2.50. The molecule has 12 heteroatoms. The molecule has 0 spiro atoms. The van der Waals surface area contributed by atoms with E-state index in [0.29, 0.717) is 0 Å². The molecule has 0 aromatic carbocycles. The van der Waals surface area contributed by atoms with Gasteiger partial charge in [0, 0.05) is 27.7 Å². The van der Waals surface area contributed by atoms with E-state index in [1.165, 1.54) is 27.7 Å². The standard InChI is InChI=1S/C17H26O12/c1-10(18)22-5-14-16(28-7-24-12(3)20)17(29-8-25-13(4)21)15(27-9-26-14)6-23-11(2)19/h14-17H,5-9H2,1-4H3/t14-,15-,16-,17+/m0/s1. The zero-order chi connectivity index (χ0) is 21.8. The summed E-state index contributed by atoms with van der Waals surface area (Å²) in [6.45, 7) is 3.27. The van der Waals surface area contributed by atoms with Gasteiger partial charge in [0.1, 0.15) is 44.4 Å². The first kappa shape index (κ1) is 24.8. The topological polar surface area (TPSA) is 142 Å². The first-order valence-electron chi connectivity index (χ1n) is 8.70. The van der Waals surface area contributed by atoms with Gasteiger partial charge in [0.15, 0.2) is 13.6 Å². The Balaban J connectivity index is 3.01. The van der Waals surface area contributed by atoms with Crippen LogP contribution in [0.2, 0.25) is 0 Å². The fourth-order valence-corrected chi connectivity index (χ4v) is 2.31. The van der Waals surface area contributed by atoms with Crippen LogP contribution in [0, 0.1) is 0 Å². The second-order valence-electron chi connectivity index (χ2n) is 5.90. The van der Waals surface area contributed by atoms with E-state index in [0.717, 1.165) is 0 Å². The molecule has 1 rings (SSSR count). The van der Waals surface area contributed by atoms with Gasteiger partial charge < -0.3 is 37.9 Å². The molecule has 1 aliphatic rings. The fraction of sp³-hybridized carbons (Fsp3) is 0.765. The summed E-state index contributed by atoms with van der Waals surface area (Å²) in [5, 5.41) is 0. The van der Waals surface area contributed by atoms with Crippen LogP contribution in [-0.4, -0.2) is 81.9 Å². The van der Waals surface area contributed by atoms with E-state index < -0.39 is 61.9 Å². The quantitative estimate of drug-likeness (QED) is 0.258. The van der Waals surface area contributed by atoms with Crippen LogP contribution in [0.15, 0.2) is 0 Å². The predicted molar refractivity (Wildman–Crippen MR) is 90.9 cm³/mol. The number of hydrogen-bond acceptors (Lipinski definition) is 12. The lowest BCUT2D eigenvalue weighted by atomic mass is 10.0. The van der Waals surface area contributed by atoms with Crippen molar-refractivity contribution in [2.24, 2.45) is 0 Å². The van der Waals surface area contributed by atoms with Crippen molar-refractivity contribution in [3.63, 3.8) is 0 Å². The lowest BCUT2D eigenvalue weighted by Gasteiger charge is -2.32. The van der Waals surface area contributed by atoms with Crippen LogP contribution in [0.1, 0.15) is 27.7 Å². The highest BCUT2D eigenvalue weighted by molar-refractivity contribution is 5.66. The minimum absolute atomic E-state index is 0.211. The molecule has 1 heterocycles. The van der Waals surface area contributed by atoms with Gasteiger partial charge in [-0.15, -0.1) is 0 Å². The number of rotatable bonds is 10. The molecule has 0 radical (unpaired) electrons. The fourth-order valence-electron chi connectivity index (χ4n) is 2.31. The maximum absolute atomic E-state index is 11.2. The van der Waals surface area contributed by atoms with Crippen LogP contribution < -0.4 is 0 Å². The Morgan fingerprint density at radius 2 is 1.00 bits per heavy atom. The van der Waals surface area contributed by atoms with Crippen molar-refractivity contribution in [1.82, 2.24) is 0 Å². The minimum Gasteiger partial charge on any atom is -0.463 e. The summed E-state index contributed by atoms with van der Waals surface area (Å²) in [5.74, 6) is -2.26. The van der Waals surface area contributed by atoms with E-state index in [1.54, 1.807) is 0 Å². The smallest absolute Gasteiger partial charge is 0.304 e. The molecule has 0 aliphatic carbocycles. The van der Waals surface area contributed by atoms with Gasteiger partial charge in [0.25, 0.3) is 0 Å². The molecule has 0 bridgehead atoms. The van der Waals surface area contributed by atoms with Gasteiger partial charge in [-0.05, 0) is 0 Å². The number of carbonyl (C=O) groups excluding carboxylic acids is 4. The Kier molecular flexibility index (Phi) is 11.1. The monoisotopic (exact) mass is 422 g/mol. The number of carbonyl (C=O) groups is 4. The summed E-state index contributed by atoms with van der Waals surface area (Å²) < 4.78 is 41.8. The van der Waals surface area contributed by atoms with E-state index in [1.807, 2.05) is 0 Å². The molecule has 0 unspecified atom stereocenters. The molecule has 12 nitrogen and oxygen atoms in total. The normalized spacial score (nSPS) is 24.1. The second kappa shape index (κ2) is 13.0. The first-order valence-corrected chi connectivity index (χ1v) is 8.70. The molecule has 29 heavy (non-hydrogen) atoms. The predicted octanol–water partition coefficient (Wildman–Crippen LogP) is -0.334. The van der Waals surface area contributed by atoms with Crippen molar-refractivity contribution in [2.45, 2.75) is 52.1 Å². The third-order valence-corrected chi connectivity index (χ3v) is 3.57. The van der Waals surface area contributed by atoms with Crippen LogP contribution in [0.5, 0.6) is 0 Å². The molecule has 0 amide bonds. The molecule has 1 fully saturated rings. The molecule has 1 aliphatic heterocycles. The largest absolute Gasteiger partial charge is 0.463 e. The lowest BCUT2D eigenvalue weighted by molar-refractivity contribution is -0.210. The van der Waals surface area contributed by atoms with Gasteiger partial charge in [0.2, 0.25) is 0 Å². The summed E-state index contributed by atoms with van der Waals surface area (Å²) >= 11 is 0. The average molecular weight is 422 g/mol. The highest BCUT2D eigenvalue weighted by Gasteiger charge is 2.42. The Morgan fingerprint density at radius 1 is 0.655 bits per heavy atom. The van der Waals surface area contributed by atoms with E-state index in [2.05, 4.69) is 0 Å². The molecule has 0 aromatic rings. The number of ether oxygens (including phenoxy) is 8. The highest BCUT2D eigenvalue weighted by Crippen LogP contribution is 2.23. The number of hydrogen-bond donors (Lipinski definition) is 0. The third-order valence-electron chi connectivity index (χ3n) is 3.57. The van der Waals surface area contributed by atoms with E-state index >= 15 is 0 Å². The maximum Gasteiger partial charge on any atom is 0.304 e. The second-order valence-corrected chi connectivity index (χ2v) is 5.90. The van der Waals surface area contributed by atoms with Gasteiger partial charge in [-0.1, -0.05) is 0 Å². The zero-order valence-electron chi connectivity index (χ0n) is 16.7. The molecule has 0 saturated carbocycles. The van der Waals surface area contributed by atoms with Crippen molar-refractivity contribution in [1.29, 1.82) is 0 Å². The van der Waals surface area contributed by atoms with Crippen molar-refractivity contribution in [2.75, 3.05) is 33.6 Å². The highest BCUT2D eigenvalue weighted by atomic mass is 16.7. The summed E-state index contributed by atoms with van der Waals surface area (Å²) in [5.41, 5.74) is 0. The SMILES string of the molecule is CC(=O)OCO[C@@H]1[C@H](OCOC(C)=O)[C@H](COC(C)=O)OCO[C@H]1COC(C)=O. The van der Waals surface area contributed by atoms with Crippen LogP contribution in [-0.2, 0) is 57.1 Å². The van der Waals surface area contributed by atoms with Gasteiger partial charge in [-0.25, -0.2) is 0 Å². The number of esters is 4. The Hall–Kier alpha value is -2.28. The Labute approximate surface area is 167 Å². The van der Waals surface area contributed by atoms with Gasteiger partial charge in [-0.2, -0.15) is 0 Å². The Morgan fingerprint density at radius 3 is 1.31 bits per heavy atom. The van der Waals surface area contributed by atoms with Crippen LogP contribution in [0.3, 0.4) is 0 Å². The molecule has 4 atom stereocenters. The minimum atomic E-state index is -0.993. The summed E-state index contributed by atoms with van der Waals surface area (Å²) in [6, 6.07) is 0. The molecule has 0 aromatic heterocycles. The molecule has 1 saturated heterocycles. The van der Waals surface area contributed by atoms with Crippen molar-refractivity contribution >= 4 is 23.9 Å². The zero-order valence-corrected chi connectivity index (χ0v) is 16.7. The average Bonchev–Trinajstić information content (AvgIpc) is 2.77. The summed E-state index contributed by atoms with van der Waals surface area (Å²) in [4.78, 5) is 44.5. The van der Waals surface area contributed by atoms with E-state index in [9.17, 15) is 19.2 Å². The van der Waals surface area contributed by atoms with Crippen molar-refractivity contribution in [3.05, 3.63) is 0 Å². The van der Waals surface area contributed by atoms with Crippen molar-refractivity contribution < 1.29 is 57.1 Å². The van der Waals surface area contributed by atoms with Crippen LogP contribution in [0.25, 0.3) is 0 Å². The molecule has 0 N–H and O–H groups in total. The van der Waals surface area contributed by atoms with E-state index in [4.69, 9.17) is 37.9 Å². The van der Waals surface area contributed by atoms with Gasteiger partial charge in [-0.3, -0.25) is 19.2 Å². The summed E-state index contributed by atoms with van der Waals surface area (Å²) in [7, 11) is 0. The Bertz CT molecular complexity index is 515. The molecule has 166 valence electrons. The van der Waals surface area contributed by atoms with Crippen molar-refractivity contribution in [3.8, 4) is 0 Å². The molecular weight excluding hydrogens is 396 g/mol. The summed E-state index contributed by atoms with van der Waals surface area (Å²) in [6.07, 6.45) is -3.74. The first-order chi connectivity index (χ1) is 13.7. The molecular formula is C17H26O12. The maximum atomic E-state index is 11.2.